The van der Waals surface area contributed by atoms with Crippen LogP contribution in [0.25, 0.3) is 0 Å². The van der Waals surface area contributed by atoms with E-state index in [0.717, 1.165) is 27.7 Å². The Morgan fingerprint density at radius 1 is 0.844 bits per heavy atom. The van der Waals surface area contributed by atoms with Gasteiger partial charge in [-0.1, -0.05) is 6.58 Å². The van der Waals surface area contributed by atoms with Crippen LogP contribution in [0.3, 0.4) is 0 Å². The molecule has 0 saturated carbocycles. The monoisotopic (exact) mass is 496 g/mol. The summed E-state index contributed by atoms with van der Waals surface area (Å²) in [6.45, 7) is 6.07. The maximum atomic E-state index is 14.1. The first-order valence-electron chi connectivity index (χ1n) is 8.44. The van der Waals surface area contributed by atoms with Gasteiger partial charge in [-0.25, -0.2) is 9.18 Å². The summed E-state index contributed by atoms with van der Waals surface area (Å²) < 4.78 is 154. The van der Waals surface area contributed by atoms with Crippen LogP contribution in [0.2, 0.25) is 0 Å². The molecule has 15 heteroatoms. The summed E-state index contributed by atoms with van der Waals surface area (Å²) in [4.78, 5) is 23.2. The molecule has 4 nitrogen and oxygen atoms in total. The standard InChI is InChI=1S/C17H19F11O4/c1-8(2)10(29)31-7-9(32-11(30)12(3,4)5)6-13(18,19)15(21,22)14(20,16(23,24)25)17(26,27)28/h9H,1,6-7H2,2-5H3. The molecule has 0 aliphatic heterocycles. The van der Waals surface area contributed by atoms with E-state index >= 15 is 0 Å². The van der Waals surface area contributed by atoms with Crippen molar-refractivity contribution in [3.05, 3.63) is 12.2 Å². The van der Waals surface area contributed by atoms with Gasteiger partial charge in [-0.15, -0.1) is 0 Å². The van der Waals surface area contributed by atoms with E-state index < -0.39 is 66.4 Å². The summed E-state index contributed by atoms with van der Waals surface area (Å²) in [5, 5.41) is 0. The number of esters is 2. The predicted octanol–water partition coefficient (Wildman–Crippen LogP) is 5.56. The number of hydrogen-bond donors (Lipinski definition) is 0. The van der Waals surface area contributed by atoms with Crippen LogP contribution < -0.4 is 0 Å². The van der Waals surface area contributed by atoms with Crippen molar-refractivity contribution < 1.29 is 67.4 Å². The highest BCUT2D eigenvalue weighted by Crippen LogP contribution is 2.60. The molecule has 0 rings (SSSR count). The fourth-order valence-electron chi connectivity index (χ4n) is 1.94. The van der Waals surface area contributed by atoms with Gasteiger partial charge in [0.25, 0.3) is 0 Å². The lowest BCUT2D eigenvalue weighted by molar-refractivity contribution is -0.428. The quantitative estimate of drug-likeness (QED) is 0.251. The third kappa shape index (κ3) is 6.03. The minimum atomic E-state index is -7.65. The summed E-state index contributed by atoms with van der Waals surface area (Å²) >= 11 is 0. The molecule has 1 unspecified atom stereocenters. The molecule has 1 atom stereocenters. The van der Waals surface area contributed by atoms with Crippen LogP contribution in [0.4, 0.5) is 48.3 Å². The normalized spacial score (nSPS) is 15.2. The highest BCUT2D eigenvalue weighted by atomic mass is 19.4. The van der Waals surface area contributed by atoms with Crippen LogP contribution in [0.1, 0.15) is 34.1 Å². The topological polar surface area (TPSA) is 52.6 Å². The summed E-state index contributed by atoms with van der Waals surface area (Å²) in [5.41, 5.74) is -9.51. The Balaban J connectivity index is 6.23. The first kappa shape index (κ1) is 29.9. The number of halogens is 11. The first-order chi connectivity index (χ1) is 13.8. The van der Waals surface area contributed by atoms with Crippen LogP contribution in [0, 0.1) is 5.41 Å². The van der Waals surface area contributed by atoms with E-state index in [2.05, 4.69) is 16.1 Å². The van der Waals surface area contributed by atoms with Crippen LogP contribution in [-0.4, -0.2) is 54.5 Å². The number of carbonyl (C=O) groups excluding carboxylic acids is 2. The molecule has 32 heavy (non-hydrogen) atoms. The fraction of sp³-hybridized carbons (Fsp3) is 0.765. The molecule has 0 amide bonds. The zero-order valence-electron chi connectivity index (χ0n) is 17.0. The van der Waals surface area contributed by atoms with Crippen molar-refractivity contribution in [1.29, 1.82) is 0 Å². The highest BCUT2D eigenvalue weighted by molar-refractivity contribution is 5.86. The molecule has 0 radical (unpaired) electrons. The highest BCUT2D eigenvalue weighted by Gasteiger charge is 2.90. The molecule has 0 aliphatic carbocycles. The van der Waals surface area contributed by atoms with Gasteiger partial charge in [-0.2, -0.15) is 43.9 Å². The SMILES string of the molecule is C=C(C)C(=O)OCC(CC(F)(F)C(F)(F)C(F)(C(F)(F)F)C(F)(F)F)OC(=O)C(C)(C)C. The second kappa shape index (κ2) is 9.04. The molecule has 0 bridgehead atoms. The van der Waals surface area contributed by atoms with Gasteiger partial charge in [0, 0.05) is 5.57 Å². The van der Waals surface area contributed by atoms with E-state index in [0.29, 0.717) is 0 Å². The largest absolute Gasteiger partial charge is 0.458 e. The van der Waals surface area contributed by atoms with Crippen LogP contribution >= 0.6 is 0 Å². The van der Waals surface area contributed by atoms with Crippen molar-refractivity contribution >= 4 is 11.9 Å². The second-order valence-corrected chi connectivity index (χ2v) is 7.79. The number of hydrogen-bond acceptors (Lipinski definition) is 4. The van der Waals surface area contributed by atoms with Crippen LogP contribution in [0.15, 0.2) is 12.2 Å². The number of carbonyl (C=O) groups is 2. The minimum absolute atomic E-state index is 0.361. The Labute approximate surface area is 174 Å². The van der Waals surface area contributed by atoms with Crippen molar-refractivity contribution in [2.45, 2.75) is 70.1 Å². The minimum Gasteiger partial charge on any atom is -0.458 e. The number of rotatable bonds is 8. The van der Waals surface area contributed by atoms with Crippen molar-refractivity contribution in [2.75, 3.05) is 6.61 Å². The van der Waals surface area contributed by atoms with E-state index in [4.69, 9.17) is 0 Å². The van der Waals surface area contributed by atoms with E-state index in [1.807, 2.05) is 0 Å². The summed E-state index contributed by atoms with van der Waals surface area (Å²) in [5.74, 6) is -16.5. The summed E-state index contributed by atoms with van der Waals surface area (Å²) in [7, 11) is 0. The summed E-state index contributed by atoms with van der Waals surface area (Å²) in [6.07, 6.45) is -20.4. The average molecular weight is 496 g/mol. The summed E-state index contributed by atoms with van der Waals surface area (Å²) in [6, 6.07) is 0. The predicted molar refractivity (Wildman–Crippen MR) is 85.6 cm³/mol. The van der Waals surface area contributed by atoms with Crippen molar-refractivity contribution in [2.24, 2.45) is 5.41 Å². The fourth-order valence-corrected chi connectivity index (χ4v) is 1.94. The lowest BCUT2D eigenvalue weighted by Gasteiger charge is -2.40. The van der Waals surface area contributed by atoms with Gasteiger partial charge in [-0.05, 0) is 27.7 Å². The van der Waals surface area contributed by atoms with E-state index in [1.165, 1.54) is 0 Å². The van der Waals surface area contributed by atoms with E-state index in [1.54, 1.807) is 0 Å². The smallest absolute Gasteiger partial charge is 0.438 e. The van der Waals surface area contributed by atoms with Crippen LogP contribution in [-0.2, 0) is 19.1 Å². The van der Waals surface area contributed by atoms with Gasteiger partial charge in [0.2, 0.25) is 0 Å². The molecule has 0 spiro atoms. The van der Waals surface area contributed by atoms with Crippen molar-refractivity contribution in [1.82, 2.24) is 0 Å². The molecule has 0 aromatic rings. The van der Waals surface area contributed by atoms with Gasteiger partial charge in [0.15, 0.2) is 0 Å². The lowest BCUT2D eigenvalue weighted by atomic mass is 9.88. The molecule has 0 aromatic carbocycles. The third-order valence-corrected chi connectivity index (χ3v) is 3.79. The van der Waals surface area contributed by atoms with Crippen molar-refractivity contribution in [3.63, 3.8) is 0 Å². The Morgan fingerprint density at radius 3 is 1.56 bits per heavy atom. The molecule has 0 heterocycles. The maximum absolute atomic E-state index is 14.1. The molecule has 188 valence electrons. The van der Waals surface area contributed by atoms with Gasteiger partial charge in [0.05, 0.1) is 11.8 Å². The van der Waals surface area contributed by atoms with Gasteiger partial charge in [0.1, 0.15) is 12.7 Å². The van der Waals surface area contributed by atoms with Crippen LogP contribution in [0.5, 0.6) is 0 Å². The maximum Gasteiger partial charge on any atom is 0.438 e. The lowest BCUT2D eigenvalue weighted by Crippen LogP contribution is -2.70. The number of alkyl halides is 11. The number of ether oxygens (including phenoxy) is 2. The molecular formula is C17H19F11O4. The van der Waals surface area contributed by atoms with Gasteiger partial charge in [-0.3, -0.25) is 4.79 Å². The molecule has 0 fully saturated rings. The molecule has 0 saturated heterocycles. The van der Waals surface area contributed by atoms with E-state index in [-0.39, 0.29) is 5.57 Å². The second-order valence-electron chi connectivity index (χ2n) is 7.79. The zero-order valence-corrected chi connectivity index (χ0v) is 17.0. The first-order valence-corrected chi connectivity index (χ1v) is 8.44. The molecule has 0 aliphatic rings. The van der Waals surface area contributed by atoms with Gasteiger partial charge >= 0.3 is 41.8 Å². The molecular weight excluding hydrogens is 477 g/mol. The Bertz CT molecular complexity index is 703. The zero-order chi connectivity index (χ0) is 26.1. The van der Waals surface area contributed by atoms with Crippen molar-refractivity contribution in [3.8, 4) is 0 Å². The van der Waals surface area contributed by atoms with E-state index in [9.17, 15) is 57.9 Å². The third-order valence-electron chi connectivity index (χ3n) is 3.79. The average Bonchev–Trinajstić information content (AvgIpc) is 2.54. The Morgan fingerprint density at radius 2 is 1.25 bits per heavy atom. The Hall–Kier alpha value is -2.09. The molecule has 0 aromatic heterocycles. The van der Waals surface area contributed by atoms with Gasteiger partial charge < -0.3 is 9.47 Å². The Kier molecular flexibility index (Phi) is 8.45. The molecule has 0 N–H and O–H groups in total.